The van der Waals surface area contributed by atoms with Crippen LogP contribution in [0.15, 0.2) is 0 Å². The van der Waals surface area contributed by atoms with E-state index < -0.39 is 0 Å². The van der Waals surface area contributed by atoms with Crippen LogP contribution in [0.1, 0.15) is 46.5 Å². The highest BCUT2D eigenvalue weighted by Gasteiger charge is 2.22. The largest absolute Gasteiger partial charge is 0.341 e. The number of rotatable bonds is 8. The molecule has 19 heavy (non-hydrogen) atoms. The highest BCUT2D eigenvalue weighted by molar-refractivity contribution is 5.81. The fourth-order valence-corrected chi connectivity index (χ4v) is 2.36. The zero-order valence-corrected chi connectivity index (χ0v) is 13.1. The Morgan fingerprint density at radius 3 is 2.42 bits per heavy atom. The van der Waals surface area contributed by atoms with Crippen molar-refractivity contribution in [2.24, 2.45) is 0 Å². The fourth-order valence-electron chi connectivity index (χ4n) is 2.36. The second kappa shape index (κ2) is 8.54. The molecule has 4 heteroatoms. The van der Waals surface area contributed by atoms with E-state index in [-0.39, 0.29) is 11.9 Å². The standard InChI is InChI=1S/C15H31N3O/c1-13(2)17(4)10-6-5-9-16-14(3)15(19)18-11-7-8-12-18/h13-14,16H,5-12H2,1-4H3. The first-order chi connectivity index (χ1) is 9.02. The third-order valence-corrected chi connectivity index (χ3v) is 4.06. The van der Waals surface area contributed by atoms with Crippen LogP contribution in [0.4, 0.5) is 0 Å². The zero-order valence-electron chi connectivity index (χ0n) is 13.1. The Morgan fingerprint density at radius 2 is 1.84 bits per heavy atom. The first-order valence-corrected chi connectivity index (χ1v) is 7.74. The quantitative estimate of drug-likeness (QED) is 0.681. The smallest absolute Gasteiger partial charge is 0.239 e. The molecule has 1 aliphatic rings. The lowest BCUT2D eigenvalue weighted by Crippen LogP contribution is -2.44. The molecule has 0 saturated carbocycles. The second-order valence-corrected chi connectivity index (χ2v) is 5.99. The molecule has 0 aromatic rings. The normalized spacial score (nSPS) is 17.5. The number of carbonyl (C=O) groups excluding carboxylic acids is 1. The van der Waals surface area contributed by atoms with Crippen LogP contribution in [0.5, 0.6) is 0 Å². The van der Waals surface area contributed by atoms with Gasteiger partial charge in [0.1, 0.15) is 0 Å². The van der Waals surface area contributed by atoms with E-state index in [0.29, 0.717) is 6.04 Å². The van der Waals surface area contributed by atoms with Gasteiger partial charge in [0.05, 0.1) is 6.04 Å². The van der Waals surface area contributed by atoms with Gasteiger partial charge in [-0.1, -0.05) is 0 Å². The molecule has 1 N–H and O–H groups in total. The van der Waals surface area contributed by atoms with Gasteiger partial charge in [0, 0.05) is 19.1 Å². The number of hydrogen-bond acceptors (Lipinski definition) is 3. The molecule has 0 radical (unpaired) electrons. The highest BCUT2D eigenvalue weighted by atomic mass is 16.2. The average Bonchev–Trinajstić information content (AvgIpc) is 2.90. The van der Waals surface area contributed by atoms with Crippen molar-refractivity contribution in [2.75, 3.05) is 33.2 Å². The Kier molecular flexibility index (Phi) is 7.39. The number of nitrogens with one attached hydrogen (secondary N) is 1. The molecule has 0 bridgehead atoms. The molecule has 0 aliphatic carbocycles. The van der Waals surface area contributed by atoms with Crippen molar-refractivity contribution in [1.82, 2.24) is 15.1 Å². The van der Waals surface area contributed by atoms with Crippen LogP contribution < -0.4 is 5.32 Å². The summed E-state index contributed by atoms with van der Waals surface area (Å²) in [4.78, 5) is 16.4. The number of amides is 1. The van der Waals surface area contributed by atoms with E-state index in [1.165, 1.54) is 19.3 Å². The number of unbranched alkanes of at least 4 members (excludes halogenated alkanes) is 1. The number of likely N-dealkylation sites (tertiary alicyclic amines) is 1. The van der Waals surface area contributed by atoms with Gasteiger partial charge in [0.25, 0.3) is 0 Å². The van der Waals surface area contributed by atoms with Gasteiger partial charge in [-0.05, 0) is 66.6 Å². The van der Waals surface area contributed by atoms with Crippen molar-refractivity contribution in [3.63, 3.8) is 0 Å². The Labute approximate surface area is 118 Å². The molecule has 1 aliphatic heterocycles. The number of nitrogens with zero attached hydrogens (tertiary/aromatic N) is 2. The minimum atomic E-state index is -0.0269. The van der Waals surface area contributed by atoms with Gasteiger partial charge < -0.3 is 15.1 Å². The van der Waals surface area contributed by atoms with Gasteiger partial charge in [-0.25, -0.2) is 0 Å². The van der Waals surface area contributed by atoms with Gasteiger partial charge >= 0.3 is 0 Å². The van der Waals surface area contributed by atoms with E-state index >= 15 is 0 Å². The molecule has 1 amide bonds. The molecule has 1 heterocycles. The van der Waals surface area contributed by atoms with Crippen molar-refractivity contribution >= 4 is 5.91 Å². The van der Waals surface area contributed by atoms with Crippen molar-refractivity contribution < 1.29 is 4.79 Å². The summed E-state index contributed by atoms with van der Waals surface area (Å²) in [6.07, 6.45) is 4.65. The Morgan fingerprint density at radius 1 is 1.21 bits per heavy atom. The van der Waals surface area contributed by atoms with Crippen LogP contribution in [0.2, 0.25) is 0 Å². The van der Waals surface area contributed by atoms with Crippen molar-refractivity contribution in [3.8, 4) is 0 Å². The third kappa shape index (κ3) is 5.91. The molecule has 1 atom stereocenters. The first-order valence-electron chi connectivity index (χ1n) is 7.74. The van der Waals surface area contributed by atoms with Gasteiger partial charge in [-0.3, -0.25) is 4.79 Å². The summed E-state index contributed by atoms with van der Waals surface area (Å²) < 4.78 is 0. The number of carbonyl (C=O) groups is 1. The Hall–Kier alpha value is -0.610. The zero-order chi connectivity index (χ0) is 14.3. The van der Waals surface area contributed by atoms with Crippen LogP contribution in [-0.2, 0) is 4.79 Å². The summed E-state index contributed by atoms with van der Waals surface area (Å²) in [6, 6.07) is 0.588. The predicted molar refractivity (Wildman–Crippen MR) is 80.3 cm³/mol. The summed E-state index contributed by atoms with van der Waals surface area (Å²) >= 11 is 0. The summed E-state index contributed by atoms with van der Waals surface area (Å²) in [5.41, 5.74) is 0. The summed E-state index contributed by atoms with van der Waals surface area (Å²) in [6.45, 7) is 10.4. The molecule has 1 unspecified atom stereocenters. The van der Waals surface area contributed by atoms with Crippen LogP contribution in [0, 0.1) is 0 Å². The molecular formula is C15H31N3O. The van der Waals surface area contributed by atoms with Crippen LogP contribution in [0.3, 0.4) is 0 Å². The lowest BCUT2D eigenvalue weighted by Gasteiger charge is -2.22. The van der Waals surface area contributed by atoms with E-state index in [2.05, 4.69) is 31.1 Å². The number of hydrogen-bond donors (Lipinski definition) is 1. The average molecular weight is 269 g/mol. The van der Waals surface area contributed by atoms with E-state index in [1.807, 2.05) is 11.8 Å². The Balaban J connectivity index is 2.06. The van der Waals surface area contributed by atoms with Gasteiger partial charge in [0.15, 0.2) is 0 Å². The van der Waals surface area contributed by atoms with E-state index in [9.17, 15) is 4.79 Å². The molecule has 4 nitrogen and oxygen atoms in total. The third-order valence-electron chi connectivity index (χ3n) is 4.06. The monoisotopic (exact) mass is 269 g/mol. The maximum absolute atomic E-state index is 12.1. The van der Waals surface area contributed by atoms with Gasteiger partial charge in [-0.2, -0.15) is 0 Å². The molecule has 0 spiro atoms. The molecule has 0 aromatic heterocycles. The minimum Gasteiger partial charge on any atom is -0.341 e. The van der Waals surface area contributed by atoms with E-state index in [4.69, 9.17) is 0 Å². The van der Waals surface area contributed by atoms with Crippen molar-refractivity contribution in [3.05, 3.63) is 0 Å². The maximum atomic E-state index is 12.1. The molecule has 1 saturated heterocycles. The minimum absolute atomic E-state index is 0.0269. The summed E-state index contributed by atoms with van der Waals surface area (Å²) in [7, 11) is 2.16. The molecule has 1 rings (SSSR count). The van der Waals surface area contributed by atoms with Crippen LogP contribution in [0.25, 0.3) is 0 Å². The predicted octanol–water partition coefficient (Wildman–Crippen LogP) is 1.71. The fraction of sp³-hybridized carbons (Fsp3) is 0.933. The SMILES string of the molecule is CC(NCCCCN(C)C(C)C)C(=O)N1CCCC1. The lowest BCUT2D eigenvalue weighted by atomic mass is 10.2. The van der Waals surface area contributed by atoms with Crippen molar-refractivity contribution in [1.29, 1.82) is 0 Å². The topological polar surface area (TPSA) is 35.6 Å². The van der Waals surface area contributed by atoms with Crippen LogP contribution >= 0.6 is 0 Å². The van der Waals surface area contributed by atoms with Crippen LogP contribution in [-0.4, -0.2) is 61.0 Å². The highest BCUT2D eigenvalue weighted by Crippen LogP contribution is 2.09. The summed E-state index contributed by atoms with van der Waals surface area (Å²) in [5, 5.41) is 3.35. The molecular weight excluding hydrogens is 238 g/mol. The summed E-state index contributed by atoms with van der Waals surface area (Å²) in [5.74, 6) is 0.275. The second-order valence-electron chi connectivity index (χ2n) is 5.99. The first kappa shape index (κ1) is 16.4. The molecule has 1 fully saturated rings. The van der Waals surface area contributed by atoms with Gasteiger partial charge in [0.2, 0.25) is 5.91 Å². The molecule has 112 valence electrons. The molecule has 0 aromatic carbocycles. The lowest BCUT2D eigenvalue weighted by molar-refractivity contribution is -0.131. The van der Waals surface area contributed by atoms with Gasteiger partial charge in [-0.15, -0.1) is 0 Å². The Bertz CT molecular complexity index is 262. The maximum Gasteiger partial charge on any atom is 0.239 e. The van der Waals surface area contributed by atoms with E-state index in [1.54, 1.807) is 0 Å². The van der Waals surface area contributed by atoms with E-state index in [0.717, 1.165) is 32.6 Å². The van der Waals surface area contributed by atoms with Crippen molar-refractivity contribution in [2.45, 2.75) is 58.5 Å².